The van der Waals surface area contributed by atoms with Crippen molar-refractivity contribution in [2.75, 3.05) is 5.73 Å². The van der Waals surface area contributed by atoms with E-state index in [9.17, 15) is 4.79 Å². The molecule has 0 amide bonds. The lowest BCUT2D eigenvalue weighted by Crippen LogP contribution is -2.04. The molecule has 2 N–H and O–H groups in total. The summed E-state index contributed by atoms with van der Waals surface area (Å²) in [5, 5.41) is 0. The first-order valence-electron chi connectivity index (χ1n) is 5.31. The van der Waals surface area contributed by atoms with Gasteiger partial charge in [-0.25, -0.2) is 0 Å². The van der Waals surface area contributed by atoms with Crippen LogP contribution in [-0.4, -0.2) is 5.97 Å². The summed E-state index contributed by atoms with van der Waals surface area (Å²) < 4.78 is 5.04. The first kappa shape index (κ1) is 11.2. The Morgan fingerprint density at radius 3 is 2.41 bits per heavy atom. The highest BCUT2D eigenvalue weighted by molar-refractivity contribution is 5.82. The molecule has 0 aliphatic heterocycles. The Balaban J connectivity index is 2.46. The monoisotopic (exact) mass is 227 g/mol. The maximum Gasteiger partial charge on any atom is 0.308 e. The molecule has 2 aromatic carbocycles. The molecule has 0 unspecified atom stereocenters. The number of carbonyl (C=O) groups is 1. The quantitative estimate of drug-likeness (QED) is 0.487. The van der Waals surface area contributed by atoms with Gasteiger partial charge in [-0.2, -0.15) is 0 Å². The lowest BCUT2D eigenvalue weighted by molar-refractivity contribution is -0.131. The van der Waals surface area contributed by atoms with Crippen LogP contribution in [0.5, 0.6) is 5.75 Å². The molecular weight excluding hydrogens is 214 g/mol. The zero-order chi connectivity index (χ0) is 12.3. The first-order chi connectivity index (χ1) is 8.18. The van der Waals surface area contributed by atoms with E-state index in [1.807, 2.05) is 42.5 Å². The van der Waals surface area contributed by atoms with E-state index in [4.69, 9.17) is 10.5 Å². The van der Waals surface area contributed by atoms with E-state index in [1.165, 1.54) is 6.92 Å². The maximum absolute atomic E-state index is 10.9. The summed E-state index contributed by atoms with van der Waals surface area (Å²) in [6.45, 7) is 1.36. The third kappa shape index (κ3) is 2.45. The summed E-state index contributed by atoms with van der Waals surface area (Å²) >= 11 is 0. The van der Waals surface area contributed by atoms with Gasteiger partial charge in [-0.15, -0.1) is 0 Å². The number of nitrogens with two attached hydrogens (primary N) is 1. The average molecular weight is 227 g/mol. The molecule has 0 bridgehead atoms. The molecule has 2 rings (SSSR count). The summed E-state index contributed by atoms with van der Waals surface area (Å²) in [5.41, 5.74) is 8.33. The topological polar surface area (TPSA) is 52.3 Å². The second-order valence-electron chi connectivity index (χ2n) is 3.68. The van der Waals surface area contributed by atoms with Crippen LogP contribution in [0.3, 0.4) is 0 Å². The molecular formula is C14H13NO2. The minimum atomic E-state index is -0.373. The molecule has 0 aliphatic rings. The fraction of sp³-hybridized carbons (Fsp3) is 0.0714. The standard InChI is InChI=1S/C14H13NO2/c1-10(16)17-13-9-5-8-12(14(13)15)11-6-3-2-4-7-11/h2-9H,15H2,1H3. The molecule has 0 atom stereocenters. The largest absolute Gasteiger partial charge is 0.424 e. The molecule has 0 spiro atoms. The Morgan fingerprint density at radius 2 is 1.76 bits per heavy atom. The second-order valence-corrected chi connectivity index (χ2v) is 3.68. The van der Waals surface area contributed by atoms with Gasteiger partial charge in [0, 0.05) is 12.5 Å². The van der Waals surface area contributed by atoms with Crippen molar-refractivity contribution in [2.45, 2.75) is 6.92 Å². The molecule has 17 heavy (non-hydrogen) atoms. The average Bonchev–Trinajstić information content (AvgIpc) is 2.32. The third-order valence-electron chi connectivity index (χ3n) is 2.40. The van der Waals surface area contributed by atoms with Crippen molar-refractivity contribution in [2.24, 2.45) is 0 Å². The van der Waals surface area contributed by atoms with Crippen molar-refractivity contribution in [3.8, 4) is 16.9 Å². The van der Waals surface area contributed by atoms with Gasteiger partial charge < -0.3 is 10.5 Å². The molecule has 0 saturated carbocycles. The van der Waals surface area contributed by atoms with E-state index in [-0.39, 0.29) is 5.97 Å². The molecule has 0 heterocycles. The van der Waals surface area contributed by atoms with Crippen LogP contribution in [0.2, 0.25) is 0 Å². The van der Waals surface area contributed by atoms with Crippen LogP contribution >= 0.6 is 0 Å². The Morgan fingerprint density at radius 1 is 1.06 bits per heavy atom. The number of para-hydroxylation sites is 1. The van der Waals surface area contributed by atoms with Gasteiger partial charge in [0.05, 0.1) is 5.69 Å². The van der Waals surface area contributed by atoms with Crippen molar-refractivity contribution < 1.29 is 9.53 Å². The van der Waals surface area contributed by atoms with Gasteiger partial charge >= 0.3 is 5.97 Å². The fourth-order valence-electron chi connectivity index (χ4n) is 1.66. The van der Waals surface area contributed by atoms with Crippen LogP contribution < -0.4 is 10.5 Å². The van der Waals surface area contributed by atoms with Crippen LogP contribution in [0.15, 0.2) is 48.5 Å². The van der Waals surface area contributed by atoms with Crippen LogP contribution in [0.4, 0.5) is 5.69 Å². The van der Waals surface area contributed by atoms with Gasteiger partial charge in [-0.1, -0.05) is 42.5 Å². The smallest absolute Gasteiger partial charge is 0.308 e. The lowest BCUT2D eigenvalue weighted by atomic mass is 10.0. The Hall–Kier alpha value is -2.29. The molecule has 0 saturated heterocycles. The summed E-state index contributed by atoms with van der Waals surface area (Å²) in [5.74, 6) is 0.0285. The van der Waals surface area contributed by atoms with Crippen LogP contribution in [0.1, 0.15) is 6.92 Å². The van der Waals surface area contributed by atoms with Gasteiger partial charge in [-0.3, -0.25) is 4.79 Å². The van der Waals surface area contributed by atoms with E-state index in [0.29, 0.717) is 11.4 Å². The van der Waals surface area contributed by atoms with E-state index < -0.39 is 0 Å². The molecule has 3 heteroatoms. The van der Waals surface area contributed by atoms with Crippen molar-refractivity contribution in [1.82, 2.24) is 0 Å². The Labute approximate surface area is 99.8 Å². The van der Waals surface area contributed by atoms with E-state index >= 15 is 0 Å². The lowest BCUT2D eigenvalue weighted by Gasteiger charge is -2.10. The highest BCUT2D eigenvalue weighted by atomic mass is 16.5. The van der Waals surface area contributed by atoms with E-state index in [1.54, 1.807) is 6.07 Å². The SMILES string of the molecule is CC(=O)Oc1cccc(-c2ccccc2)c1N. The highest BCUT2D eigenvalue weighted by Gasteiger charge is 2.08. The molecule has 0 radical (unpaired) electrons. The van der Waals surface area contributed by atoms with Gasteiger partial charge in [0.25, 0.3) is 0 Å². The van der Waals surface area contributed by atoms with Crippen LogP contribution in [-0.2, 0) is 4.79 Å². The van der Waals surface area contributed by atoms with E-state index in [2.05, 4.69) is 0 Å². The van der Waals surface area contributed by atoms with Gasteiger partial charge in [-0.05, 0) is 11.6 Å². The predicted octanol–water partition coefficient (Wildman–Crippen LogP) is 2.86. The number of hydrogen-bond acceptors (Lipinski definition) is 3. The Bertz CT molecular complexity index is 535. The molecule has 0 aliphatic carbocycles. The van der Waals surface area contributed by atoms with Crippen molar-refractivity contribution in [1.29, 1.82) is 0 Å². The first-order valence-corrected chi connectivity index (χ1v) is 5.31. The Kier molecular flexibility index (Phi) is 3.10. The van der Waals surface area contributed by atoms with Crippen LogP contribution in [0, 0.1) is 0 Å². The number of ether oxygens (including phenoxy) is 1. The molecule has 0 fully saturated rings. The number of rotatable bonds is 2. The minimum Gasteiger partial charge on any atom is -0.424 e. The number of esters is 1. The molecule has 3 nitrogen and oxygen atoms in total. The fourth-order valence-corrected chi connectivity index (χ4v) is 1.66. The zero-order valence-corrected chi connectivity index (χ0v) is 9.51. The summed E-state index contributed by atoms with van der Waals surface area (Å²) in [6.07, 6.45) is 0. The van der Waals surface area contributed by atoms with Gasteiger partial charge in [0.15, 0.2) is 5.75 Å². The minimum absolute atomic E-state index is 0.373. The number of nitrogen functional groups attached to an aromatic ring is 1. The molecule has 0 aromatic heterocycles. The summed E-state index contributed by atoms with van der Waals surface area (Å²) in [7, 11) is 0. The number of anilines is 1. The number of carbonyl (C=O) groups excluding carboxylic acids is 1. The number of benzene rings is 2. The molecule has 2 aromatic rings. The normalized spacial score (nSPS) is 9.94. The van der Waals surface area contributed by atoms with Crippen molar-refractivity contribution >= 4 is 11.7 Å². The van der Waals surface area contributed by atoms with E-state index in [0.717, 1.165) is 11.1 Å². The van der Waals surface area contributed by atoms with Gasteiger partial charge in [0.1, 0.15) is 0 Å². The molecule has 86 valence electrons. The summed E-state index contributed by atoms with van der Waals surface area (Å²) in [4.78, 5) is 10.9. The van der Waals surface area contributed by atoms with Crippen molar-refractivity contribution in [3.05, 3.63) is 48.5 Å². The van der Waals surface area contributed by atoms with Crippen LogP contribution in [0.25, 0.3) is 11.1 Å². The predicted molar refractivity (Wildman–Crippen MR) is 67.6 cm³/mol. The zero-order valence-electron chi connectivity index (χ0n) is 9.51. The third-order valence-corrected chi connectivity index (χ3v) is 2.40. The maximum atomic E-state index is 10.9. The van der Waals surface area contributed by atoms with Gasteiger partial charge in [0.2, 0.25) is 0 Å². The van der Waals surface area contributed by atoms with Crippen molar-refractivity contribution in [3.63, 3.8) is 0 Å². The highest BCUT2D eigenvalue weighted by Crippen LogP contribution is 2.32. The second kappa shape index (κ2) is 4.70. The summed E-state index contributed by atoms with van der Waals surface area (Å²) in [6, 6.07) is 15.1. The number of hydrogen-bond donors (Lipinski definition) is 1.